The van der Waals surface area contributed by atoms with E-state index in [1.807, 2.05) is 0 Å². The summed E-state index contributed by atoms with van der Waals surface area (Å²) in [7, 11) is 0. The van der Waals surface area contributed by atoms with Crippen LogP contribution < -0.4 is 10.6 Å². The molecule has 0 fully saturated rings. The SMILES string of the molecule is O=C(NCC#Cc1ccc(F)cc1)Nc1ccccc1C(F)(F)F. The lowest BCUT2D eigenvalue weighted by Crippen LogP contribution is -2.29. The third kappa shape index (κ3) is 5.02. The van der Waals surface area contributed by atoms with Crippen molar-refractivity contribution in [1.82, 2.24) is 5.32 Å². The molecule has 0 unspecified atom stereocenters. The second kappa shape index (κ2) is 7.51. The molecule has 0 aliphatic rings. The zero-order chi connectivity index (χ0) is 17.6. The number of carbonyl (C=O) groups excluding carboxylic acids is 1. The Morgan fingerprint density at radius 2 is 1.71 bits per heavy atom. The number of anilines is 1. The quantitative estimate of drug-likeness (QED) is 0.631. The van der Waals surface area contributed by atoms with Gasteiger partial charge in [-0.3, -0.25) is 0 Å². The molecule has 2 amide bonds. The van der Waals surface area contributed by atoms with Gasteiger partial charge in [-0.15, -0.1) is 0 Å². The van der Waals surface area contributed by atoms with Crippen molar-refractivity contribution in [2.75, 3.05) is 11.9 Å². The van der Waals surface area contributed by atoms with Gasteiger partial charge in [0.25, 0.3) is 0 Å². The fourth-order valence-electron chi connectivity index (χ4n) is 1.81. The first kappa shape index (κ1) is 17.3. The van der Waals surface area contributed by atoms with Gasteiger partial charge in [-0.2, -0.15) is 13.2 Å². The number of hydrogen-bond acceptors (Lipinski definition) is 1. The van der Waals surface area contributed by atoms with E-state index in [-0.39, 0.29) is 18.0 Å². The van der Waals surface area contributed by atoms with Crippen LogP contribution in [0.3, 0.4) is 0 Å². The summed E-state index contributed by atoms with van der Waals surface area (Å²) < 4.78 is 51.1. The number of benzene rings is 2. The predicted molar refractivity (Wildman–Crippen MR) is 81.7 cm³/mol. The summed E-state index contributed by atoms with van der Waals surface area (Å²) in [6, 6.07) is 9.30. The van der Waals surface area contributed by atoms with E-state index in [0.29, 0.717) is 5.56 Å². The van der Waals surface area contributed by atoms with Gasteiger partial charge in [0.2, 0.25) is 0 Å². The monoisotopic (exact) mass is 336 g/mol. The first-order valence-electron chi connectivity index (χ1n) is 6.82. The molecule has 2 aromatic rings. The summed E-state index contributed by atoms with van der Waals surface area (Å²) in [6.07, 6.45) is -4.56. The molecule has 24 heavy (non-hydrogen) atoms. The average molecular weight is 336 g/mol. The standard InChI is InChI=1S/C17H12F4N2O/c18-13-9-7-12(8-10-13)4-3-11-22-16(24)23-15-6-2-1-5-14(15)17(19,20)21/h1-2,5-10H,11H2,(H2,22,23,24). The lowest BCUT2D eigenvalue weighted by Gasteiger charge is -2.13. The van der Waals surface area contributed by atoms with E-state index in [1.54, 1.807) is 0 Å². The van der Waals surface area contributed by atoms with Crippen molar-refractivity contribution in [3.8, 4) is 11.8 Å². The highest BCUT2D eigenvalue weighted by Crippen LogP contribution is 2.34. The molecule has 2 rings (SSSR count). The van der Waals surface area contributed by atoms with E-state index in [0.717, 1.165) is 12.1 Å². The van der Waals surface area contributed by atoms with E-state index in [9.17, 15) is 22.4 Å². The van der Waals surface area contributed by atoms with Crippen LogP contribution in [0.25, 0.3) is 0 Å². The molecular formula is C17H12F4N2O. The van der Waals surface area contributed by atoms with Crippen molar-refractivity contribution in [2.24, 2.45) is 0 Å². The Labute approximate surface area is 135 Å². The average Bonchev–Trinajstić information content (AvgIpc) is 2.53. The highest BCUT2D eigenvalue weighted by molar-refractivity contribution is 5.90. The van der Waals surface area contributed by atoms with Crippen molar-refractivity contribution in [1.29, 1.82) is 0 Å². The largest absolute Gasteiger partial charge is 0.418 e. The second-order valence-corrected chi connectivity index (χ2v) is 4.66. The molecule has 0 spiro atoms. The molecular weight excluding hydrogens is 324 g/mol. The summed E-state index contributed by atoms with van der Waals surface area (Å²) in [4.78, 5) is 11.6. The molecule has 3 nitrogen and oxygen atoms in total. The van der Waals surface area contributed by atoms with Crippen molar-refractivity contribution >= 4 is 11.7 Å². The van der Waals surface area contributed by atoms with E-state index in [1.165, 1.54) is 36.4 Å². The van der Waals surface area contributed by atoms with E-state index < -0.39 is 17.8 Å². The van der Waals surface area contributed by atoms with E-state index >= 15 is 0 Å². The molecule has 2 aromatic carbocycles. The van der Waals surface area contributed by atoms with Crippen LogP contribution in [0.2, 0.25) is 0 Å². The predicted octanol–water partition coefficient (Wildman–Crippen LogP) is 4.02. The zero-order valence-corrected chi connectivity index (χ0v) is 12.2. The summed E-state index contributed by atoms with van der Waals surface area (Å²) >= 11 is 0. The van der Waals surface area contributed by atoms with Gasteiger partial charge in [-0.05, 0) is 36.4 Å². The molecule has 0 radical (unpaired) electrons. The van der Waals surface area contributed by atoms with Crippen molar-refractivity contribution < 1.29 is 22.4 Å². The van der Waals surface area contributed by atoms with E-state index in [4.69, 9.17) is 0 Å². The molecule has 2 N–H and O–H groups in total. The minimum Gasteiger partial charge on any atom is -0.327 e. The molecule has 0 bridgehead atoms. The number of nitrogens with one attached hydrogen (secondary N) is 2. The van der Waals surface area contributed by atoms with Crippen LogP contribution in [-0.4, -0.2) is 12.6 Å². The number of hydrogen-bond donors (Lipinski definition) is 2. The lowest BCUT2D eigenvalue weighted by molar-refractivity contribution is -0.136. The maximum atomic E-state index is 12.8. The van der Waals surface area contributed by atoms with Gasteiger partial charge in [0.15, 0.2) is 0 Å². The third-order valence-corrected chi connectivity index (χ3v) is 2.89. The fourth-order valence-corrected chi connectivity index (χ4v) is 1.81. The Kier molecular flexibility index (Phi) is 5.42. The van der Waals surface area contributed by atoms with Gasteiger partial charge in [0, 0.05) is 5.56 Å². The summed E-state index contributed by atoms with van der Waals surface area (Å²) in [5, 5.41) is 4.46. The Balaban J connectivity index is 1.92. The summed E-state index contributed by atoms with van der Waals surface area (Å²) in [6.45, 7) is -0.0720. The second-order valence-electron chi connectivity index (χ2n) is 4.66. The maximum absolute atomic E-state index is 12.8. The minimum absolute atomic E-state index is 0.0720. The van der Waals surface area contributed by atoms with Gasteiger partial charge < -0.3 is 10.6 Å². The van der Waals surface area contributed by atoms with Crippen LogP contribution in [0.15, 0.2) is 48.5 Å². The Bertz CT molecular complexity index is 774. The van der Waals surface area contributed by atoms with Crippen LogP contribution in [0, 0.1) is 17.7 Å². The molecule has 124 valence electrons. The normalized spacial score (nSPS) is 10.5. The number of urea groups is 1. The van der Waals surface area contributed by atoms with Gasteiger partial charge in [0.05, 0.1) is 17.8 Å². The van der Waals surface area contributed by atoms with Crippen molar-refractivity contribution in [3.05, 3.63) is 65.5 Å². The van der Waals surface area contributed by atoms with Crippen LogP contribution in [-0.2, 0) is 6.18 Å². The maximum Gasteiger partial charge on any atom is 0.418 e. The Morgan fingerprint density at radius 3 is 2.38 bits per heavy atom. The highest BCUT2D eigenvalue weighted by Gasteiger charge is 2.33. The van der Waals surface area contributed by atoms with Gasteiger partial charge >= 0.3 is 12.2 Å². The highest BCUT2D eigenvalue weighted by atomic mass is 19.4. The van der Waals surface area contributed by atoms with Crippen LogP contribution in [0.1, 0.15) is 11.1 Å². The first-order valence-corrected chi connectivity index (χ1v) is 6.82. The molecule has 0 saturated heterocycles. The van der Waals surface area contributed by atoms with Gasteiger partial charge in [-0.25, -0.2) is 9.18 Å². The smallest absolute Gasteiger partial charge is 0.327 e. The molecule has 0 aliphatic carbocycles. The topological polar surface area (TPSA) is 41.1 Å². The number of rotatable bonds is 2. The number of amides is 2. The number of carbonyl (C=O) groups is 1. The van der Waals surface area contributed by atoms with Crippen LogP contribution >= 0.6 is 0 Å². The lowest BCUT2D eigenvalue weighted by atomic mass is 10.1. The number of alkyl halides is 3. The first-order chi connectivity index (χ1) is 11.4. The van der Waals surface area contributed by atoms with Crippen LogP contribution in [0.4, 0.5) is 28.0 Å². The minimum atomic E-state index is -4.56. The summed E-state index contributed by atoms with van der Waals surface area (Å²) in [5.41, 5.74) is -0.715. The van der Waals surface area contributed by atoms with Crippen LogP contribution in [0.5, 0.6) is 0 Å². The van der Waals surface area contributed by atoms with E-state index in [2.05, 4.69) is 22.5 Å². The number of para-hydroxylation sites is 1. The molecule has 0 atom stereocenters. The molecule has 7 heteroatoms. The molecule has 0 aromatic heterocycles. The summed E-state index contributed by atoms with van der Waals surface area (Å²) in [5.74, 6) is 4.92. The molecule has 0 saturated carbocycles. The fraction of sp³-hybridized carbons (Fsp3) is 0.118. The Morgan fingerprint density at radius 1 is 1.04 bits per heavy atom. The Hall–Kier alpha value is -3.01. The molecule has 0 heterocycles. The van der Waals surface area contributed by atoms with Gasteiger partial charge in [0.1, 0.15) is 5.82 Å². The van der Waals surface area contributed by atoms with Crippen molar-refractivity contribution in [3.63, 3.8) is 0 Å². The van der Waals surface area contributed by atoms with Gasteiger partial charge in [-0.1, -0.05) is 24.0 Å². The third-order valence-electron chi connectivity index (χ3n) is 2.89. The molecule has 0 aliphatic heterocycles. The zero-order valence-electron chi connectivity index (χ0n) is 12.2. The van der Waals surface area contributed by atoms with Crippen molar-refractivity contribution in [2.45, 2.75) is 6.18 Å². The number of halogens is 4.